The van der Waals surface area contributed by atoms with E-state index < -0.39 is 9.84 Å². The zero-order chi connectivity index (χ0) is 10.2. The van der Waals surface area contributed by atoms with Crippen LogP contribution in [0.3, 0.4) is 0 Å². The third-order valence-corrected chi connectivity index (χ3v) is 5.56. The number of rotatable bonds is 3. The highest BCUT2D eigenvalue weighted by Crippen LogP contribution is 2.58. The van der Waals surface area contributed by atoms with E-state index in [0.29, 0.717) is 17.4 Å². The van der Waals surface area contributed by atoms with E-state index >= 15 is 0 Å². The highest BCUT2D eigenvalue weighted by Gasteiger charge is 2.56. The minimum atomic E-state index is -2.71. The van der Waals surface area contributed by atoms with Crippen LogP contribution in [0, 0.1) is 11.3 Å². The van der Waals surface area contributed by atoms with Crippen LogP contribution < -0.4 is 5.32 Å². The van der Waals surface area contributed by atoms with Crippen LogP contribution in [0.2, 0.25) is 0 Å². The lowest BCUT2D eigenvalue weighted by Crippen LogP contribution is -2.30. The van der Waals surface area contributed by atoms with Gasteiger partial charge in [-0.15, -0.1) is 0 Å². The Morgan fingerprint density at radius 2 is 2.29 bits per heavy atom. The van der Waals surface area contributed by atoms with Crippen LogP contribution in [0.5, 0.6) is 0 Å². The molecule has 0 bridgehead atoms. The van der Waals surface area contributed by atoms with Crippen molar-refractivity contribution >= 4 is 9.84 Å². The summed E-state index contributed by atoms with van der Waals surface area (Å²) in [6, 6.07) is 0. The van der Waals surface area contributed by atoms with Gasteiger partial charge in [0.05, 0.1) is 11.5 Å². The van der Waals surface area contributed by atoms with E-state index in [1.165, 1.54) is 0 Å². The van der Waals surface area contributed by atoms with Crippen LogP contribution in [-0.2, 0) is 9.84 Å². The van der Waals surface area contributed by atoms with Crippen molar-refractivity contribution in [2.75, 3.05) is 24.6 Å². The molecule has 0 aromatic heterocycles. The zero-order valence-electron chi connectivity index (χ0n) is 8.75. The Morgan fingerprint density at radius 1 is 1.50 bits per heavy atom. The molecule has 2 atom stereocenters. The fourth-order valence-electron chi connectivity index (χ4n) is 2.75. The monoisotopic (exact) mass is 217 g/mol. The summed E-state index contributed by atoms with van der Waals surface area (Å²) in [6.45, 7) is 4.08. The number of hydrogen-bond acceptors (Lipinski definition) is 3. The van der Waals surface area contributed by atoms with Gasteiger partial charge in [0.2, 0.25) is 0 Å². The molecule has 2 aliphatic rings. The highest BCUT2D eigenvalue weighted by atomic mass is 32.2. The van der Waals surface area contributed by atoms with E-state index in [-0.39, 0.29) is 5.41 Å². The maximum atomic E-state index is 11.5. The molecule has 1 spiro atoms. The second-order valence-electron chi connectivity index (χ2n) is 4.77. The van der Waals surface area contributed by atoms with Crippen molar-refractivity contribution in [1.29, 1.82) is 0 Å². The van der Waals surface area contributed by atoms with Crippen LogP contribution in [0.1, 0.15) is 26.2 Å². The first-order valence-corrected chi connectivity index (χ1v) is 7.31. The van der Waals surface area contributed by atoms with Gasteiger partial charge in [-0.25, -0.2) is 8.42 Å². The fraction of sp³-hybridized carbons (Fsp3) is 1.00. The van der Waals surface area contributed by atoms with Gasteiger partial charge in [-0.2, -0.15) is 0 Å². The maximum absolute atomic E-state index is 11.5. The van der Waals surface area contributed by atoms with Crippen LogP contribution in [0.15, 0.2) is 0 Å². The summed E-state index contributed by atoms with van der Waals surface area (Å²) in [6.07, 6.45) is 3.13. The summed E-state index contributed by atoms with van der Waals surface area (Å²) in [7, 11) is -2.71. The molecular weight excluding hydrogens is 198 g/mol. The Kier molecular flexibility index (Phi) is 2.60. The van der Waals surface area contributed by atoms with Gasteiger partial charge in [0.1, 0.15) is 0 Å². The summed E-state index contributed by atoms with van der Waals surface area (Å²) in [5.41, 5.74) is 0.180. The van der Waals surface area contributed by atoms with Crippen molar-refractivity contribution in [3.05, 3.63) is 0 Å². The number of hydrogen-bond donors (Lipinski definition) is 1. The van der Waals surface area contributed by atoms with Crippen LogP contribution in [0.4, 0.5) is 0 Å². The van der Waals surface area contributed by atoms with Crippen LogP contribution in [0.25, 0.3) is 0 Å². The molecule has 2 unspecified atom stereocenters. The SMILES string of the molecule is CCNCC1CC12CCCS(=O)(=O)C2. The van der Waals surface area contributed by atoms with Crippen molar-refractivity contribution in [3.8, 4) is 0 Å². The lowest BCUT2D eigenvalue weighted by atomic mass is 9.99. The Hall–Kier alpha value is -0.0900. The standard InChI is InChI=1S/C10H19NO2S/c1-2-11-7-9-6-10(9)4-3-5-14(12,13)8-10/h9,11H,2-8H2,1H3. The molecule has 1 saturated carbocycles. The van der Waals surface area contributed by atoms with E-state index in [0.717, 1.165) is 32.4 Å². The first-order chi connectivity index (χ1) is 6.58. The van der Waals surface area contributed by atoms with Gasteiger partial charge in [-0.05, 0) is 43.7 Å². The molecule has 14 heavy (non-hydrogen) atoms. The molecule has 1 aliphatic heterocycles. The van der Waals surface area contributed by atoms with Crippen LogP contribution >= 0.6 is 0 Å². The predicted molar refractivity (Wildman–Crippen MR) is 57.0 cm³/mol. The summed E-state index contributed by atoms with van der Waals surface area (Å²) in [5, 5.41) is 3.31. The normalized spacial score (nSPS) is 39.9. The first-order valence-electron chi connectivity index (χ1n) is 5.49. The molecule has 1 heterocycles. The van der Waals surface area contributed by atoms with Crippen molar-refractivity contribution in [3.63, 3.8) is 0 Å². The summed E-state index contributed by atoms with van der Waals surface area (Å²) in [5.74, 6) is 1.50. The van der Waals surface area contributed by atoms with Gasteiger partial charge in [0.15, 0.2) is 9.84 Å². The van der Waals surface area contributed by atoms with Crippen molar-refractivity contribution in [1.82, 2.24) is 5.32 Å². The summed E-state index contributed by atoms with van der Waals surface area (Å²) in [4.78, 5) is 0. The van der Waals surface area contributed by atoms with Gasteiger partial charge in [0, 0.05) is 0 Å². The molecule has 0 aromatic rings. The van der Waals surface area contributed by atoms with E-state index in [2.05, 4.69) is 12.2 Å². The molecule has 0 amide bonds. The smallest absolute Gasteiger partial charge is 0.150 e. The Bertz CT molecular complexity index is 312. The Morgan fingerprint density at radius 3 is 2.93 bits per heavy atom. The fourth-order valence-corrected chi connectivity index (χ4v) is 4.85. The molecule has 82 valence electrons. The summed E-state index contributed by atoms with van der Waals surface area (Å²) < 4.78 is 23.0. The quantitative estimate of drug-likeness (QED) is 0.761. The molecule has 1 aliphatic carbocycles. The molecule has 1 saturated heterocycles. The second kappa shape index (κ2) is 3.49. The zero-order valence-corrected chi connectivity index (χ0v) is 9.57. The number of nitrogens with one attached hydrogen (secondary N) is 1. The molecule has 2 fully saturated rings. The first kappa shape index (κ1) is 10.4. The third kappa shape index (κ3) is 1.96. The van der Waals surface area contributed by atoms with Gasteiger partial charge < -0.3 is 5.32 Å². The highest BCUT2D eigenvalue weighted by molar-refractivity contribution is 7.91. The van der Waals surface area contributed by atoms with Crippen LogP contribution in [-0.4, -0.2) is 33.0 Å². The minimum absolute atomic E-state index is 0.180. The Labute approximate surface area is 86.2 Å². The summed E-state index contributed by atoms with van der Waals surface area (Å²) >= 11 is 0. The predicted octanol–water partition coefficient (Wildman–Crippen LogP) is 0.811. The molecular formula is C10H19NO2S. The molecule has 0 radical (unpaired) electrons. The largest absolute Gasteiger partial charge is 0.317 e. The van der Waals surface area contributed by atoms with E-state index in [1.54, 1.807) is 0 Å². The van der Waals surface area contributed by atoms with E-state index in [4.69, 9.17) is 0 Å². The van der Waals surface area contributed by atoms with Gasteiger partial charge in [-0.3, -0.25) is 0 Å². The minimum Gasteiger partial charge on any atom is -0.317 e. The maximum Gasteiger partial charge on any atom is 0.150 e. The number of sulfone groups is 1. The molecule has 4 heteroatoms. The lowest BCUT2D eigenvalue weighted by molar-refractivity contribution is 0.422. The Balaban J connectivity index is 1.93. The average Bonchev–Trinajstić information content (AvgIpc) is 2.72. The lowest BCUT2D eigenvalue weighted by Gasteiger charge is -2.22. The second-order valence-corrected chi connectivity index (χ2v) is 6.95. The van der Waals surface area contributed by atoms with Gasteiger partial charge in [0.25, 0.3) is 0 Å². The topological polar surface area (TPSA) is 46.2 Å². The molecule has 1 N–H and O–H groups in total. The van der Waals surface area contributed by atoms with Crippen molar-refractivity contribution < 1.29 is 8.42 Å². The third-order valence-electron chi connectivity index (χ3n) is 3.64. The molecule has 0 aromatic carbocycles. The average molecular weight is 217 g/mol. The van der Waals surface area contributed by atoms with E-state index in [1.807, 2.05) is 0 Å². The van der Waals surface area contributed by atoms with Crippen molar-refractivity contribution in [2.45, 2.75) is 26.2 Å². The van der Waals surface area contributed by atoms with Gasteiger partial charge >= 0.3 is 0 Å². The van der Waals surface area contributed by atoms with Crippen molar-refractivity contribution in [2.24, 2.45) is 11.3 Å². The van der Waals surface area contributed by atoms with E-state index in [9.17, 15) is 8.42 Å². The van der Waals surface area contributed by atoms with Gasteiger partial charge in [-0.1, -0.05) is 6.92 Å². The molecule has 2 rings (SSSR count). The molecule has 3 nitrogen and oxygen atoms in total.